The molecule has 3 aromatic rings. The van der Waals surface area contributed by atoms with Gasteiger partial charge in [-0.1, -0.05) is 66.4 Å². The lowest BCUT2D eigenvalue weighted by atomic mass is 10.1. The van der Waals surface area contributed by atoms with Crippen LogP contribution in [0.25, 0.3) is 12.2 Å². The third-order valence-corrected chi connectivity index (χ3v) is 8.38. The number of thioether (sulfide) groups is 2. The highest BCUT2D eigenvalue weighted by Gasteiger charge is 2.32. The van der Waals surface area contributed by atoms with Crippen molar-refractivity contribution in [1.29, 1.82) is 0 Å². The van der Waals surface area contributed by atoms with E-state index in [0.717, 1.165) is 39.8 Å². The Kier molecular flexibility index (Phi) is 8.05. The number of carbonyl (C=O) groups is 1. The molecule has 0 bridgehead atoms. The number of hydrogen-bond donors (Lipinski definition) is 0. The van der Waals surface area contributed by atoms with E-state index in [1.807, 2.05) is 67.6 Å². The average Bonchev–Trinajstić information content (AvgIpc) is 3.46. The molecule has 0 spiro atoms. The molecular weight excluding hydrogens is 510 g/mol. The van der Waals surface area contributed by atoms with Crippen molar-refractivity contribution in [3.8, 4) is 5.75 Å². The van der Waals surface area contributed by atoms with Gasteiger partial charge in [0.25, 0.3) is 5.91 Å². The summed E-state index contributed by atoms with van der Waals surface area (Å²) >= 11 is 3.12. The first-order valence-electron chi connectivity index (χ1n) is 12.6. The zero-order valence-corrected chi connectivity index (χ0v) is 23.3. The number of aliphatic imine (C=N–C) groups is 1. The first-order valence-corrected chi connectivity index (χ1v) is 14.2. The largest absolute Gasteiger partial charge is 0.497 e. The summed E-state index contributed by atoms with van der Waals surface area (Å²) in [6, 6.07) is 24.4. The molecule has 0 atom stereocenters. The maximum Gasteiger partial charge on any atom is 0.266 e. The number of anilines is 1. The summed E-state index contributed by atoms with van der Waals surface area (Å²) < 4.78 is 5.41. The van der Waals surface area contributed by atoms with Gasteiger partial charge in [0.1, 0.15) is 5.75 Å². The van der Waals surface area contributed by atoms with Gasteiger partial charge in [0.05, 0.1) is 28.4 Å². The van der Waals surface area contributed by atoms with Crippen LogP contribution in [0.4, 0.5) is 11.4 Å². The summed E-state index contributed by atoms with van der Waals surface area (Å²) in [5.41, 5.74) is 4.21. The predicted octanol–water partition coefficient (Wildman–Crippen LogP) is 7.81. The van der Waals surface area contributed by atoms with Crippen LogP contribution in [-0.2, 0) is 4.79 Å². The number of amides is 1. The number of allylic oxidation sites excluding steroid dienone is 2. The number of hydrogen-bond acceptors (Lipinski definition) is 6. The molecule has 0 aliphatic carbocycles. The number of fused-ring (bicyclic) bond motifs is 1. The topological polar surface area (TPSA) is 45.1 Å². The maximum absolute atomic E-state index is 13.1. The first kappa shape index (κ1) is 25.9. The van der Waals surface area contributed by atoms with Crippen LogP contribution in [-0.4, -0.2) is 36.2 Å². The fourth-order valence-electron chi connectivity index (χ4n) is 4.22. The fourth-order valence-corrected chi connectivity index (χ4v) is 6.33. The Hall–Kier alpha value is -3.68. The number of likely N-dealkylation sites (N-methyl/N-ethyl adjacent to an activating group) is 1. The van der Waals surface area contributed by atoms with E-state index in [1.54, 1.807) is 23.8 Å². The standard InChI is InChI=1S/C31H29N3O2S2/c1-4-33-26-21-25(36-3)17-18-27(26)37-29(33)20-19-28-30(35)34(5-2)31(38-28)32-24-15-13-23(14-16-24)12-11-22-9-7-6-8-10-22/h6-21H,4-5H2,1-3H3/b12-11+,28-19+,29-20+,32-31?. The molecule has 1 saturated heterocycles. The molecule has 0 unspecified atom stereocenters. The average molecular weight is 540 g/mol. The van der Waals surface area contributed by atoms with Gasteiger partial charge in [-0.15, -0.1) is 0 Å². The second-order valence-corrected chi connectivity index (χ2v) is 10.7. The van der Waals surface area contributed by atoms with Crippen molar-refractivity contribution in [3.05, 3.63) is 106 Å². The molecule has 0 N–H and O–H groups in total. The first-order chi connectivity index (χ1) is 18.6. The van der Waals surface area contributed by atoms with Gasteiger partial charge in [-0.05, 0) is 73.2 Å². The Labute approximate surface area is 232 Å². The Balaban J connectivity index is 1.33. The molecule has 1 fully saturated rings. The van der Waals surface area contributed by atoms with Crippen LogP contribution < -0.4 is 9.64 Å². The second kappa shape index (κ2) is 11.8. The minimum Gasteiger partial charge on any atom is -0.497 e. The predicted molar refractivity (Wildman–Crippen MR) is 162 cm³/mol. The summed E-state index contributed by atoms with van der Waals surface area (Å²) in [7, 11) is 1.68. The zero-order valence-electron chi connectivity index (χ0n) is 21.6. The van der Waals surface area contributed by atoms with E-state index in [4.69, 9.17) is 9.73 Å². The monoisotopic (exact) mass is 539 g/mol. The lowest BCUT2D eigenvalue weighted by Crippen LogP contribution is -2.28. The van der Waals surface area contributed by atoms with E-state index in [-0.39, 0.29) is 5.91 Å². The van der Waals surface area contributed by atoms with Crippen molar-refractivity contribution in [1.82, 2.24) is 4.90 Å². The number of amidine groups is 1. The molecule has 0 aromatic heterocycles. The van der Waals surface area contributed by atoms with Crippen molar-refractivity contribution in [3.63, 3.8) is 0 Å². The molecule has 38 heavy (non-hydrogen) atoms. The van der Waals surface area contributed by atoms with Crippen molar-refractivity contribution < 1.29 is 9.53 Å². The Morgan fingerprint density at radius 1 is 0.842 bits per heavy atom. The number of ether oxygens (including phenoxy) is 1. The lowest BCUT2D eigenvalue weighted by Gasteiger charge is -2.18. The molecule has 1 amide bonds. The van der Waals surface area contributed by atoms with Crippen LogP contribution in [0.5, 0.6) is 5.75 Å². The van der Waals surface area contributed by atoms with E-state index >= 15 is 0 Å². The summed E-state index contributed by atoms with van der Waals surface area (Å²) in [6.45, 7) is 5.49. The van der Waals surface area contributed by atoms with Crippen LogP contribution in [0.3, 0.4) is 0 Å². The number of methoxy groups -OCH3 is 1. The van der Waals surface area contributed by atoms with E-state index in [9.17, 15) is 4.79 Å². The van der Waals surface area contributed by atoms with Crippen LogP contribution in [0.1, 0.15) is 25.0 Å². The molecule has 3 aromatic carbocycles. The van der Waals surface area contributed by atoms with Gasteiger partial charge >= 0.3 is 0 Å². The number of benzene rings is 3. The lowest BCUT2D eigenvalue weighted by molar-refractivity contribution is -0.122. The Bertz CT molecular complexity index is 1440. The van der Waals surface area contributed by atoms with Gasteiger partial charge in [-0.2, -0.15) is 0 Å². The molecule has 5 nitrogen and oxygen atoms in total. The highest BCUT2D eigenvalue weighted by molar-refractivity contribution is 8.18. The minimum absolute atomic E-state index is 0.0132. The zero-order chi connectivity index (χ0) is 26.5. The van der Waals surface area contributed by atoms with Gasteiger partial charge in [-0.25, -0.2) is 4.99 Å². The van der Waals surface area contributed by atoms with Gasteiger partial charge in [-0.3, -0.25) is 9.69 Å². The van der Waals surface area contributed by atoms with Crippen LogP contribution in [0.15, 0.2) is 105 Å². The van der Waals surface area contributed by atoms with Crippen molar-refractivity contribution in [2.75, 3.05) is 25.1 Å². The highest BCUT2D eigenvalue weighted by atomic mass is 32.2. The molecule has 7 heteroatoms. The van der Waals surface area contributed by atoms with Crippen LogP contribution in [0.2, 0.25) is 0 Å². The molecule has 192 valence electrons. The third-order valence-electron chi connectivity index (χ3n) is 6.22. The van der Waals surface area contributed by atoms with E-state index in [2.05, 4.69) is 48.2 Å². The summed E-state index contributed by atoms with van der Waals surface area (Å²) in [5, 5.41) is 1.79. The van der Waals surface area contributed by atoms with Gasteiger partial charge in [0.2, 0.25) is 0 Å². The fraction of sp³-hybridized carbons (Fsp3) is 0.161. The van der Waals surface area contributed by atoms with E-state index in [1.165, 1.54) is 16.7 Å². The molecule has 0 radical (unpaired) electrons. The summed E-state index contributed by atoms with van der Waals surface area (Å²) in [4.78, 5) is 23.8. The Morgan fingerprint density at radius 2 is 1.55 bits per heavy atom. The molecule has 2 aliphatic heterocycles. The van der Waals surface area contributed by atoms with Crippen molar-refractivity contribution in [2.24, 2.45) is 4.99 Å². The Morgan fingerprint density at radius 3 is 2.24 bits per heavy atom. The number of carbonyl (C=O) groups excluding carboxylic acids is 1. The SMILES string of the molecule is CCN1C(=O)/C(=C\C=C2\Sc3ccc(OC)cc3N2CC)SC1=Nc1ccc(/C=C/c2ccccc2)cc1. The summed E-state index contributed by atoms with van der Waals surface area (Å²) in [6.07, 6.45) is 8.13. The van der Waals surface area contributed by atoms with Gasteiger partial charge in [0, 0.05) is 24.1 Å². The van der Waals surface area contributed by atoms with E-state index < -0.39 is 0 Å². The van der Waals surface area contributed by atoms with E-state index in [0.29, 0.717) is 16.6 Å². The molecular formula is C31H29N3O2S2. The van der Waals surface area contributed by atoms with Crippen LogP contribution in [0, 0.1) is 0 Å². The van der Waals surface area contributed by atoms with Gasteiger partial charge < -0.3 is 9.64 Å². The van der Waals surface area contributed by atoms with Crippen LogP contribution >= 0.6 is 23.5 Å². The molecule has 0 saturated carbocycles. The van der Waals surface area contributed by atoms with Crippen molar-refractivity contribution in [2.45, 2.75) is 18.7 Å². The number of rotatable bonds is 7. The smallest absolute Gasteiger partial charge is 0.266 e. The maximum atomic E-state index is 13.1. The second-order valence-electron chi connectivity index (χ2n) is 8.60. The van der Waals surface area contributed by atoms with Crippen molar-refractivity contribution >= 4 is 58.1 Å². The summed E-state index contributed by atoms with van der Waals surface area (Å²) in [5.74, 6) is 0.823. The minimum atomic E-state index is -0.0132. The molecule has 2 heterocycles. The van der Waals surface area contributed by atoms with Gasteiger partial charge in [0.15, 0.2) is 5.17 Å². The third kappa shape index (κ3) is 5.59. The number of nitrogens with zero attached hydrogens (tertiary/aromatic N) is 3. The molecule has 2 aliphatic rings. The normalized spacial score (nSPS) is 18.4. The quantitative estimate of drug-likeness (QED) is 0.226. The molecule has 5 rings (SSSR count). The highest BCUT2D eigenvalue weighted by Crippen LogP contribution is 2.47.